The molecule has 6 nitrogen and oxygen atoms in total. The van der Waals surface area contributed by atoms with Gasteiger partial charge in [-0.2, -0.15) is 0 Å². The van der Waals surface area contributed by atoms with Gasteiger partial charge in [-0.05, 0) is 54.6 Å². The Morgan fingerprint density at radius 2 is 1.04 bits per heavy atom. The van der Waals surface area contributed by atoms with Gasteiger partial charge in [-0.3, -0.25) is 0 Å². The van der Waals surface area contributed by atoms with Gasteiger partial charge < -0.3 is 13.6 Å². The summed E-state index contributed by atoms with van der Waals surface area (Å²) < 4.78 is 95.8. The van der Waals surface area contributed by atoms with Gasteiger partial charge in [0.1, 0.15) is 11.2 Å². The summed E-state index contributed by atoms with van der Waals surface area (Å²) in [5.74, 6) is -0.744. The number of aromatic nitrogens is 5. The molecule has 0 saturated heterocycles. The van der Waals surface area contributed by atoms with Gasteiger partial charge in [-0.1, -0.05) is 133 Å². The highest BCUT2D eigenvalue weighted by Gasteiger charge is 2.23. The second-order valence-electron chi connectivity index (χ2n) is 13.7. The van der Waals surface area contributed by atoms with E-state index >= 15 is 0 Å². The van der Waals surface area contributed by atoms with E-state index in [-0.39, 0.29) is 28.6 Å². The zero-order valence-electron chi connectivity index (χ0n) is 39.8. The molecule has 0 bridgehead atoms. The molecule has 57 heavy (non-hydrogen) atoms. The fourth-order valence-electron chi connectivity index (χ4n) is 8.20. The van der Waals surface area contributed by atoms with E-state index in [2.05, 4.69) is 109 Å². The van der Waals surface area contributed by atoms with Crippen molar-refractivity contribution >= 4 is 65.6 Å². The number of furan rings is 1. The molecule has 0 aliphatic carbocycles. The summed E-state index contributed by atoms with van der Waals surface area (Å²) in [6.07, 6.45) is 0. The summed E-state index contributed by atoms with van der Waals surface area (Å²) in [4.78, 5) is 13.7. The average Bonchev–Trinajstić information content (AvgIpc) is 4.02. The third-order valence-corrected chi connectivity index (χ3v) is 10.5. The molecule has 0 spiro atoms. The third kappa shape index (κ3) is 4.81. The summed E-state index contributed by atoms with van der Waals surface area (Å²) >= 11 is 0. The molecule has 0 amide bonds. The topological polar surface area (TPSA) is 61.7 Å². The Bertz CT molecular complexity index is 3980. The highest BCUT2D eigenvalue weighted by Crippen LogP contribution is 2.44. The zero-order chi connectivity index (χ0) is 46.2. The van der Waals surface area contributed by atoms with E-state index < -0.39 is 60.4 Å². The normalized spacial score (nSPS) is 14.3. The number of para-hydroxylation sites is 3. The minimum Gasteiger partial charge on any atom is -0.456 e. The van der Waals surface area contributed by atoms with Crippen LogP contribution in [0, 0.1) is 0 Å². The Labute approximate surface area is 340 Å². The maximum absolute atomic E-state index is 8.72. The van der Waals surface area contributed by atoms with Gasteiger partial charge in [0.05, 0.1) is 46.8 Å². The standard InChI is InChI=1S/C51H31N5O/c1-4-15-32(16-5-1)49-52-50(33-17-6-2-7-18-33)54-51(53-49)34-27-28-39-45(31-34)57-44-26-14-25-42(46(39)44)56-41-24-13-11-22-38(41)47-43(56)30-29-37-36-21-10-12-23-40(36)55(48(37)47)35-19-8-3-9-20-35/h1-31H/i1D,2D,4D,5D,6D,7D,15D,16D,17D,18D. The van der Waals surface area contributed by atoms with Crippen molar-refractivity contribution in [3.8, 4) is 45.5 Å². The van der Waals surface area contributed by atoms with E-state index in [4.69, 9.17) is 18.1 Å². The van der Waals surface area contributed by atoms with Crippen LogP contribution in [0.15, 0.2) is 192 Å². The number of nitrogens with zero attached hydrogens (tertiary/aromatic N) is 5. The second-order valence-corrected chi connectivity index (χ2v) is 13.7. The van der Waals surface area contributed by atoms with Crippen molar-refractivity contribution in [2.75, 3.05) is 0 Å². The number of rotatable bonds is 5. The Balaban J connectivity index is 1.10. The van der Waals surface area contributed by atoms with Crippen molar-refractivity contribution in [1.29, 1.82) is 0 Å². The number of benzene rings is 8. The summed E-state index contributed by atoms with van der Waals surface area (Å²) in [6, 6.07) is 36.8. The molecule has 0 saturated carbocycles. The van der Waals surface area contributed by atoms with Crippen LogP contribution in [0.2, 0.25) is 0 Å². The van der Waals surface area contributed by atoms with E-state index in [1.165, 1.54) is 0 Å². The van der Waals surface area contributed by atoms with Gasteiger partial charge in [0.25, 0.3) is 0 Å². The van der Waals surface area contributed by atoms with Crippen molar-refractivity contribution < 1.29 is 18.1 Å². The minimum atomic E-state index is -0.618. The fraction of sp³-hybridized carbons (Fsp3) is 0. The zero-order valence-corrected chi connectivity index (χ0v) is 29.8. The molecule has 4 heterocycles. The first-order valence-electron chi connectivity index (χ1n) is 23.3. The molecule has 4 aromatic heterocycles. The average molecular weight is 740 g/mol. The minimum absolute atomic E-state index is 0.0542. The van der Waals surface area contributed by atoms with Gasteiger partial charge in [-0.25, -0.2) is 15.0 Å². The molecule has 0 aliphatic heterocycles. The van der Waals surface area contributed by atoms with Gasteiger partial charge in [0.15, 0.2) is 17.5 Å². The molecule has 8 aromatic carbocycles. The highest BCUT2D eigenvalue weighted by atomic mass is 16.3. The number of hydrogen-bond donors (Lipinski definition) is 0. The predicted octanol–water partition coefficient (Wildman–Crippen LogP) is 13.0. The van der Waals surface area contributed by atoms with Gasteiger partial charge in [-0.15, -0.1) is 0 Å². The maximum atomic E-state index is 8.72. The fourth-order valence-corrected chi connectivity index (χ4v) is 8.20. The van der Waals surface area contributed by atoms with Crippen LogP contribution in [0.3, 0.4) is 0 Å². The Kier molecular flexibility index (Phi) is 5.02. The smallest absolute Gasteiger partial charge is 0.164 e. The molecule has 12 rings (SSSR count). The lowest BCUT2D eigenvalue weighted by molar-refractivity contribution is 0.669. The first-order valence-corrected chi connectivity index (χ1v) is 18.3. The molecule has 0 radical (unpaired) electrons. The van der Waals surface area contributed by atoms with Crippen molar-refractivity contribution in [3.05, 3.63) is 188 Å². The van der Waals surface area contributed by atoms with Crippen LogP contribution in [0.25, 0.3) is 111 Å². The maximum Gasteiger partial charge on any atom is 0.164 e. The molecule has 266 valence electrons. The van der Waals surface area contributed by atoms with Crippen LogP contribution < -0.4 is 0 Å². The van der Waals surface area contributed by atoms with Crippen molar-refractivity contribution in [1.82, 2.24) is 24.1 Å². The van der Waals surface area contributed by atoms with Crippen LogP contribution in [0.1, 0.15) is 13.7 Å². The lowest BCUT2D eigenvalue weighted by atomic mass is 10.1. The SMILES string of the molecule is [2H]c1c([2H])c([2H])c(-c2nc(-c3ccc4c(c3)oc3cccc(-n5c6ccccc6c6c5ccc5c7ccccc7n(-c7ccccc7)c56)c34)nc(-c3c([2H])c([2H])c([2H])c([2H])c3[2H])n2)c([2H])c1[2H]. The predicted molar refractivity (Wildman–Crippen MR) is 232 cm³/mol. The quantitative estimate of drug-likeness (QED) is 0.176. The van der Waals surface area contributed by atoms with E-state index in [1.54, 1.807) is 12.1 Å². The molecular weight excluding hydrogens is 699 g/mol. The molecule has 12 aromatic rings. The van der Waals surface area contributed by atoms with Crippen molar-refractivity contribution in [3.63, 3.8) is 0 Å². The van der Waals surface area contributed by atoms with Crippen LogP contribution in [0.4, 0.5) is 0 Å². The van der Waals surface area contributed by atoms with E-state index in [1.807, 2.05) is 30.3 Å². The first-order chi connectivity index (χ1) is 32.4. The van der Waals surface area contributed by atoms with Crippen LogP contribution in [0.5, 0.6) is 0 Å². The van der Waals surface area contributed by atoms with E-state index in [0.717, 1.165) is 65.8 Å². The van der Waals surface area contributed by atoms with Gasteiger partial charge >= 0.3 is 0 Å². The molecule has 0 N–H and O–H groups in total. The van der Waals surface area contributed by atoms with Crippen molar-refractivity contribution in [2.45, 2.75) is 0 Å². The third-order valence-electron chi connectivity index (χ3n) is 10.5. The lowest BCUT2D eigenvalue weighted by Crippen LogP contribution is -2.00. The second kappa shape index (κ2) is 12.3. The molecule has 6 heteroatoms. The largest absolute Gasteiger partial charge is 0.456 e. The van der Waals surface area contributed by atoms with E-state index in [0.29, 0.717) is 16.7 Å². The Hall–Kier alpha value is -7.83. The van der Waals surface area contributed by atoms with Crippen molar-refractivity contribution in [2.24, 2.45) is 0 Å². The Morgan fingerprint density at radius 3 is 1.75 bits per heavy atom. The van der Waals surface area contributed by atoms with Crippen LogP contribution >= 0.6 is 0 Å². The first kappa shape index (κ1) is 23.2. The lowest BCUT2D eigenvalue weighted by Gasteiger charge is -2.11. The summed E-state index contributed by atoms with van der Waals surface area (Å²) in [5.41, 5.74) is 6.87. The summed E-state index contributed by atoms with van der Waals surface area (Å²) in [5, 5.41) is 6.07. The molecule has 0 unspecified atom stereocenters. The van der Waals surface area contributed by atoms with Crippen LogP contribution in [-0.2, 0) is 0 Å². The number of hydrogen-bond acceptors (Lipinski definition) is 4. The van der Waals surface area contributed by atoms with Gasteiger partial charge in [0, 0.05) is 49.3 Å². The molecule has 0 fully saturated rings. The molecule has 0 atom stereocenters. The Morgan fingerprint density at radius 1 is 0.421 bits per heavy atom. The monoisotopic (exact) mass is 739 g/mol. The van der Waals surface area contributed by atoms with Gasteiger partial charge in [0.2, 0.25) is 0 Å². The highest BCUT2D eigenvalue weighted by molar-refractivity contribution is 6.26. The molecule has 0 aliphatic rings. The summed E-state index contributed by atoms with van der Waals surface area (Å²) in [7, 11) is 0. The van der Waals surface area contributed by atoms with E-state index in [9.17, 15) is 0 Å². The summed E-state index contributed by atoms with van der Waals surface area (Å²) in [6.45, 7) is 0. The number of fused-ring (bicyclic) bond motifs is 10. The molecular formula is C51H31N5O. The van der Waals surface area contributed by atoms with Crippen LogP contribution in [-0.4, -0.2) is 24.1 Å².